The van der Waals surface area contributed by atoms with Crippen LogP contribution < -0.4 is 5.32 Å². The van der Waals surface area contributed by atoms with E-state index in [2.05, 4.69) is 44.6 Å². The van der Waals surface area contributed by atoms with Crippen molar-refractivity contribution in [3.8, 4) is 0 Å². The van der Waals surface area contributed by atoms with E-state index in [1.807, 2.05) is 23.0 Å². The lowest BCUT2D eigenvalue weighted by Crippen LogP contribution is -2.35. The number of likely N-dealkylation sites (tertiary alicyclic amines) is 1. The van der Waals surface area contributed by atoms with Crippen molar-refractivity contribution in [2.45, 2.75) is 38.3 Å². The second kappa shape index (κ2) is 7.36. The first-order valence-corrected chi connectivity index (χ1v) is 10.2. The monoisotopic (exact) mass is 375 g/mol. The zero-order chi connectivity index (χ0) is 18.9. The molecule has 0 spiro atoms. The summed E-state index contributed by atoms with van der Waals surface area (Å²) < 4.78 is 2.01. The van der Waals surface area contributed by atoms with Gasteiger partial charge in [-0.05, 0) is 37.3 Å². The Morgan fingerprint density at radius 2 is 1.86 bits per heavy atom. The zero-order valence-electron chi connectivity index (χ0n) is 15.9. The average Bonchev–Trinajstić information content (AvgIpc) is 3.49. The van der Waals surface area contributed by atoms with Crippen LogP contribution in [0.3, 0.4) is 0 Å². The number of nitrogens with zero attached hydrogens (tertiary/aromatic N) is 4. The Kier molecular flexibility index (Phi) is 4.56. The highest BCUT2D eigenvalue weighted by Crippen LogP contribution is 2.31. The first-order chi connectivity index (χ1) is 13.8. The minimum absolute atomic E-state index is 0.141. The van der Waals surface area contributed by atoms with Crippen molar-refractivity contribution in [2.75, 3.05) is 18.4 Å². The zero-order valence-corrected chi connectivity index (χ0v) is 15.9. The summed E-state index contributed by atoms with van der Waals surface area (Å²) in [6, 6.07) is 12.8. The molecule has 0 bridgehead atoms. The molecule has 6 heteroatoms. The first-order valence-electron chi connectivity index (χ1n) is 10.2. The second-order valence-corrected chi connectivity index (χ2v) is 7.92. The van der Waals surface area contributed by atoms with Crippen LogP contribution in [0.25, 0.3) is 10.9 Å². The van der Waals surface area contributed by atoms with Crippen molar-refractivity contribution >= 4 is 22.6 Å². The molecule has 1 aromatic carbocycles. The molecule has 1 amide bonds. The van der Waals surface area contributed by atoms with Gasteiger partial charge in [0.1, 0.15) is 5.82 Å². The smallest absolute Gasteiger partial charge is 0.228 e. The number of hydrogen-bond acceptors (Lipinski definition) is 4. The highest BCUT2D eigenvalue weighted by Gasteiger charge is 2.31. The molecule has 1 saturated heterocycles. The molecule has 1 saturated carbocycles. The maximum absolute atomic E-state index is 12.1. The maximum Gasteiger partial charge on any atom is 0.228 e. The van der Waals surface area contributed by atoms with Crippen molar-refractivity contribution in [1.82, 2.24) is 19.7 Å². The van der Waals surface area contributed by atoms with E-state index in [1.54, 1.807) is 6.20 Å². The fourth-order valence-corrected chi connectivity index (χ4v) is 4.14. The van der Waals surface area contributed by atoms with Gasteiger partial charge < -0.3 is 5.32 Å². The van der Waals surface area contributed by atoms with E-state index in [0.717, 1.165) is 56.7 Å². The number of aromatic nitrogens is 3. The number of nitrogens with one attached hydrogen (secondary N) is 1. The Bertz CT molecular complexity index is 980. The Morgan fingerprint density at radius 3 is 2.68 bits per heavy atom. The van der Waals surface area contributed by atoms with Crippen LogP contribution in [0.4, 0.5) is 5.82 Å². The number of hydrogen-bond donors (Lipinski definition) is 1. The van der Waals surface area contributed by atoms with Gasteiger partial charge in [-0.2, -0.15) is 5.10 Å². The van der Waals surface area contributed by atoms with Crippen molar-refractivity contribution in [3.63, 3.8) is 0 Å². The Morgan fingerprint density at radius 1 is 1.04 bits per heavy atom. The van der Waals surface area contributed by atoms with E-state index in [4.69, 9.17) is 0 Å². The fourth-order valence-electron chi connectivity index (χ4n) is 4.14. The summed E-state index contributed by atoms with van der Waals surface area (Å²) in [6.07, 6.45) is 7.75. The van der Waals surface area contributed by atoms with E-state index in [9.17, 15) is 4.79 Å². The van der Waals surface area contributed by atoms with Crippen LogP contribution in [0.2, 0.25) is 0 Å². The fraction of sp³-hybridized carbons (Fsp3) is 0.409. The molecule has 2 aromatic heterocycles. The van der Waals surface area contributed by atoms with Gasteiger partial charge in [0.2, 0.25) is 5.91 Å². The third kappa shape index (κ3) is 3.52. The molecule has 3 heterocycles. The average molecular weight is 375 g/mol. The number of benzene rings is 1. The van der Waals surface area contributed by atoms with E-state index in [1.165, 1.54) is 10.9 Å². The molecule has 1 N–H and O–H groups in total. The molecule has 5 rings (SSSR count). The number of anilines is 1. The van der Waals surface area contributed by atoms with Crippen LogP contribution in [-0.4, -0.2) is 38.7 Å². The summed E-state index contributed by atoms with van der Waals surface area (Å²) in [4.78, 5) is 19.2. The SMILES string of the molecule is O=C(Nc1ccnn1C1CCN(Cc2cccc3cccnc23)CC1)C1CC1. The lowest BCUT2D eigenvalue weighted by atomic mass is 10.0. The molecule has 144 valence electrons. The summed E-state index contributed by atoms with van der Waals surface area (Å²) in [5.41, 5.74) is 2.39. The summed E-state index contributed by atoms with van der Waals surface area (Å²) >= 11 is 0. The van der Waals surface area contributed by atoms with Gasteiger partial charge in [0.05, 0.1) is 17.8 Å². The van der Waals surface area contributed by atoms with Gasteiger partial charge in [-0.3, -0.25) is 14.7 Å². The van der Waals surface area contributed by atoms with Crippen molar-refractivity contribution < 1.29 is 4.79 Å². The minimum Gasteiger partial charge on any atom is -0.311 e. The van der Waals surface area contributed by atoms with Crippen molar-refractivity contribution in [2.24, 2.45) is 5.92 Å². The molecule has 2 aliphatic rings. The molecule has 0 atom stereocenters. The van der Waals surface area contributed by atoms with Crippen LogP contribution in [0.1, 0.15) is 37.3 Å². The normalized spacial score (nSPS) is 18.4. The van der Waals surface area contributed by atoms with E-state index < -0.39 is 0 Å². The topological polar surface area (TPSA) is 63.1 Å². The van der Waals surface area contributed by atoms with Crippen LogP contribution in [0.15, 0.2) is 48.8 Å². The third-order valence-corrected chi connectivity index (χ3v) is 5.88. The number of para-hydroxylation sites is 1. The van der Waals surface area contributed by atoms with Crippen LogP contribution >= 0.6 is 0 Å². The number of pyridine rings is 1. The Labute approximate surface area is 164 Å². The summed E-state index contributed by atoms with van der Waals surface area (Å²) in [7, 11) is 0. The van der Waals surface area contributed by atoms with E-state index in [0.29, 0.717) is 6.04 Å². The molecule has 0 radical (unpaired) electrons. The second-order valence-electron chi connectivity index (χ2n) is 7.92. The quantitative estimate of drug-likeness (QED) is 0.740. The van der Waals surface area contributed by atoms with Crippen molar-refractivity contribution in [3.05, 3.63) is 54.4 Å². The van der Waals surface area contributed by atoms with Crippen LogP contribution in [0.5, 0.6) is 0 Å². The van der Waals surface area contributed by atoms with Crippen molar-refractivity contribution in [1.29, 1.82) is 0 Å². The molecule has 1 aliphatic heterocycles. The van der Waals surface area contributed by atoms with Gasteiger partial charge in [0.15, 0.2) is 0 Å². The van der Waals surface area contributed by atoms with Crippen LogP contribution in [-0.2, 0) is 11.3 Å². The van der Waals surface area contributed by atoms with Gasteiger partial charge in [-0.15, -0.1) is 0 Å². The number of carbonyl (C=O) groups excluding carboxylic acids is 1. The Hall–Kier alpha value is -2.73. The van der Waals surface area contributed by atoms with Gasteiger partial charge in [0, 0.05) is 43.2 Å². The van der Waals surface area contributed by atoms with E-state index in [-0.39, 0.29) is 11.8 Å². The molecule has 2 fully saturated rings. The molecule has 6 nitrogen and oxygen atoms in total. The molecule has 1 aliphatic carbocycles. The number of amides is 1. The number of rotatable bonds is 5. The highest BCUT2D eigenvalue weighted by molar-refractivity contribution is 5.93. The largest absolute Gasteiger partial charge is 0.311 e. The number of carbonyl (C=O) groups is 1. The number of piperidine rings is 1. The maximum atomic E-state index is 12.1. The van der Waals surface area contributed by atoms with Gasteiger partial charge >= 0.3 is 0 Å². The van der Waals surface area contributed by atoms with Crippen LogP contribution in [0, 0.1) is 5.92 Å². The molecule has 3 aromatic rings. The minimum atomic E-state index is 0.141. The third-order valence-electron chi connectivity index (χ3n) is 5.88. The number of fused-ring (bicyclic) bond motifs is 1. The van der Waals surface area contributed by atoms with Gasteiger partial charge in [-0.1, -0.05) is 24.3 Å². The predicted octanol–water partition coefficient (Wildman–Crippen LogP) is 3.62. The van der Waals surface area contributed by atoms with E-state index >= 15 is 0 Å². The molecular weight excluding hydrogens is 350 g/mol. The van der Waals surface area contributed by atoms with Gasteiger partial charge in [0.25, 0.3) is 0 Å². The molecule has 28 heavy (non-hydrogen) atoms. The summed E-state index contributed by atoms with van der Waals surface area (Å²) in [6.45, 7) is 2.96. The molecular formula is C22H25N5O. The lowest BCUT2D eigenvalue weighted by Gasteiger charge is -2.32. The standard InChI is InChI=1S/C22H25N5O/c28-22(17-6-7-17)25-20-8-12-24-27(20)19-9-13-26(14-10-19)15-18-4-1-3-16-5-2-11-23-21(16)18/h1-5,8,11-12,17,19H,6-7,9-10,13-15H2,(H,25,28). The first kappa shape index (κ1) is 17.4. The summed E-state index contributed by atoms with van der Waals surface area (Å²) in [5, 5.41) is 8.75. The molecule has 0 unspecified atom stereocenters. The Balaban J connectivity index is 1.23. The lowest BCUT2D eigenvalue weighted by molar-refractivity contribution is -0.117. The predicted molar refractivity (Wildman–Crippen MR) is 109 cm³/mol. The summed E-state index contributed by atoms with van der Waals surface area (Å²) in [5.74, 6) is 1.19. The highest BCUT2D eigenvalue weighted by atomic mass is 16.2. The van der Waals surface area contributed by atoms with Gasteiger partial charge in [-0.25, -0.2) is 4.68 Å².